The monoisotopic (exact) mass is 279 g/mol. The number of ether oxygens (including phenoxy) is 1. The van der Waals surface area contributed by atoms with E-state index in [0.717, 1.165) is 18.2 Å². The fourth-order valence-corrected chi connectivity index (χ4v) is 1.74. The summed E-state index contributed by atoms with van der Waals surface area (Å²) in [6.45, 7) is -0.229. The number of carbonyl (C=O) groups is 1. The van der Waals surface area contributed by atoms with Crippen LogP contribution in [0.15, 0.2) is 36.4 Å². The Kier molecular flexibility index (Phi) is 3.84. The summed E-state index contributed by atoms with van der Waals surface area (Å²) in [6, 6.07) is 7.28. The van der Waals surface area contributed by atoms with Crippen LogP contribution in [-0.2, 0) is 6.61 Å². The summed E-state index contributed by atoms with van der Waals surface area (Å²) < 4.78 is 31.5. The van der Waals surface area contributed by atoms with Crippen molar-refractivity contribution in [2.24, 2.45) is 0 Å². The summed E-state index contributed by atoms with van der Waals surface area (Å²) in [7, 11) is 0. The average Bonchev–Trinajstić information content (AvgIpc) is 2.39. The van der Waals surface area contributed by atoms with Crippen molar-refractivity contribution in [1.82, 2.24) is 0 Å². The molecule has 4 nitrogen and oxygen atoms in total. The number of anilines is 1. The fourth-order valence-electron chi connectivity index (χ4n) is 1.74. The van der Waals surface area contributed by atoms with Crippen molar-refractivity contribution in [3.8, 4) is 5.75 Å². The molecule has 0 aliphatic carbocycles. The van der Waals surface area contributed by atoms with E-state index in [9.17, 15) is 13.6 Å². The molecule has 3 N–H and O–H groups in total. The number of hydrogen-bond donors (Lipinski definition) is 2. The van der Waals surface area contributed by atoms with Crippen LogP contribution in [0.1, 0.15) is 15.9 Å². The molecule has 20 heavy (non-hydrogen) atoms. The molecule has 0 heterocycles. The topological polar surface area (TPSA) is 72.5 Å². The van der Waals surface area contributed by atoms with E-state index in [4.69, 9.17) is 15.6 Å². The van der Waals surface area contributed by atoms with E-state index in [-0.39, 0.29) is 29.2 Å². The van der Waals surface area contributed by atoms with E-state index in [1.807, 2.05) is 0 Å². The van der Waals surface area contributed by atoms with Gasteiger partial charge >= 0.3 is 5.97 Å². The van der Waals surface area contributed by atoms with Crippen molar-refractivity contribution in [2.45, 2.75) is 6.61 Å². The van der Waals surface area contributed by atoms with E-state index in [0.29, 0.717) is 0 Å². The van der Waals surface area contributed by atoms with Gasteiger partial charge in [0, 0.05) is 17.3 Å². The number of hydrogen-bond acceptors (Lipinski definition) is 3. The molecule has 0 atom stereocenters. The van der Waals surface area contributed by atoms with Crippen molar-refractivity contribution in [1.29, 1.82) is 0 Å². The molecular formula is C14H11F2NO3. The van der Waals surface area contributed by atoms with Crippen LogP contribution in [0.4, 0.5) is 14.5 Å². The number of carboxylic acids is 1. The first kappa shape index (κ1) is 13.8. The van der Waals surface area contributed by atoms with Gasteiger partial charge in [-0.25, -0.2) is 13.6 Å². The Labute approximate surface area is 113 Å². The Hall–Kier alpha value is -2.63. The second-order valence-corrected chi connectivity index (χ2v) is 4.05. The second-order valence-electron chi connectivity index (χ2n) is 4.05. The molecule has 2 aromatic carbocycles. The largest absolute Gasteiger partial charge is 0.486 e. The van der Waals surface area contributed by atoms with Gasteiger partial charge in [-0.05, 0) is 18.2 Å². The summed E-state index contributed by atoms with van der Waals surface area (Å²) in [5.41, 5.74) is 5.83. The number of rotatable bonds is 4. The fraction of sp³-hybridized carbons (Fsp3) is 0.0714. The molecule has 2 aromatic rings. The van der Waals surface area contributed by atoms with Crippen molar-refractivity contribution < 1.29 is 23.4 Å². The Morgan fingerprint density at radius 3 is 2.70 bits per heavy atom. The molecule has 0 fully saturated rings. The molecule has 0 spiro atoms. The molecule has 0 saturated carbocycles. The Morgan fingerprint density at radius 1 is 1.25 bits per heavy atom. The summed E-state index contributed by atoms with van der Waals surface area (Å²) in [6.07, 6.45) is 0. The van der Waals surface area contributed by atoms with Gasteiger partial charge in [0.1, 0.15) is 12.4 Å². The van der Waals surface area contributed by atoms with E-state index in [1.165, 1.54) is 12.1 Å². The summed E-state index contributed by atoms with van der Waals surface area (Å²) >= 11 is 0. The zero-order valence-electron chi connectivity index (χ0n) is 10.3. The summed E-state index contributed by atoms with van der Waals surface area (Å²) in [5.74, 6) is -2.87. The van der Waals surface area contributed by atoms with Gasteiger partial charge in [-0.3, -0.25) is 0 Å². The number of halogens is 2. The predicted molar refractivity (Wildman–Crippen MR) is 68.5 cm³/mol. The smallest absolute Gasteiger partial charge is 0.338 e. The highest BCUT2D eigenvalue weighted by Crippen LogP contribution is 2.22. The zero-order valence-corrected chi connectivity index (χ0v) is 10.3. The minimum atomic E-state index is -1.21. The van der Waals surface area contributed by atoms with E-state index >= 15 is 0 Å². The van der Waals surface area contributed by atoms with Crippen LogP contribution >= 0.6 is 0 Å². The lowest BCUT2D eigenvalue weighted by molar-refractivity contribution is 0.0695. The molecular weight excluding hydrogens is 268 g/mol. The molecule has 0 amide bonds. The molecule has 0 aliphatic rings. The average molecular weight is 279 g/mol. The highest BCUT2D eigenvalue weighted by molar-refractivity contribution is 5.95. The highest BCUT2D eigenvalue weighted by atomic mass is 19.1. The third-order valence-corrected chi connectivity index (χ3v) is 2.67. The summed E-state index contributed by atoms with van der Waals surface area (Å²) in [5, 5.41) is 9.07. The van der Waals surface area contributed by atoms with Crippen molar-refractivity contribution in [3.05, 3.63) is 59.2 Å². The molecule has 0 bridgehead atoms. The molecule has 0 saturated heterocycles. The predicted octanol–water partition coefficient (Wildman–Crippen LogP) is 2.82. The van der Waals surface area contributed by atoms with E-state index < -0.39 is 17.6 Å². The maximum Gasteiger partial charge on any atom is 0.338 e. The highest BCUT2D eigenvalue weighted by Gasteiger charge is 2.14. The first-order chi connectivity index (χ1) is 9.49. The summed E-state index contributed by atoms with van der Waals surface area (Å²) in [4.78, 5) is 11.1. The van der Waals surface area contributed by atoms with Crippen LogP contribution in [0.2, 0.25) is 0 Å². The number of nitrogens with two attached hydrogens (primary N) is 1. The van der Waals surface area contributed by atoms with Gasteiger partial charge in [0.25, 0.3) is 0 Å². The zero-order chi connectivity index (χ0) is 14.7. The van der Waals surface area contributed by atoms with Gasteiger partial charge in [0.2, 0.25) is 0 Å². The van der Waals surface area contributed by atoms with Crippen LogP contribution in [0.25, 0.3) is 0 Å². The van der Waals surface area contributed by atoms with Gasteiger partial charge in [-0.2, -0.15) is 0 Å². The quantitative estimate of drug-likeness (QED) is 0.844. The molecule has 104 valence electrons. The third kappa shape index (κ3) is 2.85. The Balaban J connectivity index is 2.25. The molecule has 0 aliphatic heterocycles. The lowest BCUT2D eigenvalue weighted by Crippen LogP contribution is -2.09. The molecule has 0 unspecified atom stereocenters. The molecule has 6 heteroatoms. The molecule has 0 radical (unpaired) electrons. The van der Waals surface area contributed by atoms with Crippen molar-refractivity contribution >= 4 is 11.7 Å². The lowest BCUT2D eigenvalue weighted by atomic mass is 10.1. The molecule has 0 aromatic heterocycles. The number of benzene rings is 2. The van der Waals surface area contributed by atoms with Gasteiger partial charge in [-0.1, -0.05) is 12.1 Å². The van der Waals surface area contributed by atoms with Gasteiger partial charge in [-0.15, -0.1) is 0 Å². The SMILES string of the molecule is Nc1cccc(COc2cc(F)ccc2F)c1C(=O)O. The number of carboxylic acid groups (broad SMARTS) is 1. The normalized spacial score (nSPS) is 10.3. The molecule has 2 rings (SSSR count). The number of nitrogen functional groups attached to an aromatic ring is 1. The minimum absolute atomic E-state index is 0.0818. The second kappa shape index (κ2) is 5.56. The van der Waals surface area contributed by atoms with Gasteiger partial charge in [0.15, 0.2) is 11.6 Å². The van der Waals surface area contributed by atoms with Gasteiger partial charge < -0.3 is 15.6 Å². The number of aromatic carboxylic acids is 1. The van der Waals surface area contributed by atoms with Gasteiger partial charge in [0.05, 0.1) is 5.56 Å². The Bertz CT molecular complexity index is 659. The Morgan fingerprint density at radius 2 is 2.00 bits per heavy atom. The van der Waals surface area contributed by atoms with E-state index in [2.05, 4.69) is 0 Å². The maximum absolute atomic E-state index is 13.4. The van der Waals surface area contributed by atoms with Crippen LogP contribution < -0.4 is 10.5 Å². The lowest BCUT2D eigenvalue weighted by Gasteiger charge is -2.11. The standard InChI is InChI=1S/C14H11F2NO3/c15-9-4-5-10(16)12(6-9)20-7-8-2-1-3-11(17)13(8)14(18)19/h1-6H,7,17H2,(H,18,19). The van der Waals surface area contributed by atoms with Crippen molar-refractivity contribution in [3.63, 3.8) is 0 Å². The first-order valence-electron chi connectivity index (χ1n) is 5.67. The van der Waals surface area contributed by atoms with E-state index in [1.54, 1.807) is 6.07 Å². The van der Waals surface area contributed by atoms with Crippen LogP contribution in [-0.4, -0.2) is 11.1 Å². The van der Waals surface area contributed by atoms with Crippen molar-refractivity contribution in [2.75, 3.05) is 5.73 Å². The minimum Gasteiger partial charge on any atom is -0.486 e. The van der Waals surface area contributed by atoms with Crippen LogP contribution in [0.5, 0.6) is 5.75 Å². The first-order valence-corrected chi connectivity index (χ1v) is 5.67. The van der Waals surface area contributed by atoms with Crippen LogP contribution in [0, 0.1) is 11.6 Å². The maximum atomic E-state index is 13.4. The van der Waals surface area contributed by atoms with Crippen LogP contribution in [0.3, 0.4) is 0 Å². The third-order valence-electron chi connectivity index (χ3n) is 2.67.